The molecule has 27 heavy (non-hydrogen) atoms. The molecule has 1 fully saturated rings. The van der Waals surface area contributed by atoms with Crippen molar-refractivity contribution < 1.29 is 8.91 Å². The average Bonchev–Trinajstić information content (AvgIpc) is 3.14. The average molecular weight is 367 g/mol. The van der Waals surface area contributed by atoms with E-state index in [2.05, 4.69) is 38.9 Å². The van der Waals surface area contributed by atoms with Gasteiger partial charge in [0.05, 0.1) is 5.56 Å². The first-order valence-corrected chi connectivity index (χ1v) is 9.07. The minimum atomic E-state index is -0.256. The molecule has 0 radical (unpaired) electrons. The lowest BCUT2D eigenvalue weighted by Gasteiger charge is -2.38. The van der Waals surface area contributed by atoms with Gasteiger partial charge in [-0.05, 0) is 43.8 Å². The Labute approximate surface area is 157 Å². The van der Waals surface area contributed by atoms with Crippen molar-refractivity contribution in [3.8, 4) is 11.5 Å². The van der Waals surface area contributed by atoms with Crippen LogP contribution in [-0.2, 0) is 6.42 Å². The molecule has 2 aromatic heterocycles. The number of hydrogen-bond acceptors (Lipinski definition) is 6. The van der Waals surface area contributed by atoms with Crippen molar-refractivity contribution in [2.45, 2.75) is 19.4 Å². The Morgan fingerprint density at radius 2 is 1.96 bits per heavy atom. The molecule has 0 unspecified atom stereocenters. The van der Waals surface area contributed by atoms with Crippen LogP contribution in [0.4, 0.5) is 10.2 Å². The Morgan fingerprint density at radius 1 is 1.15 bits per heavy atom. The molecule has 4 rings (SSSR count). The van der Waals surface area contributed by atoms with Crippen LogP contribution in [0, 0.1) is 5.82 Å². The zero-order chi connectivity index (χ0) is 18.8. The zero-order valence-corrected chi connectivity index (χ0v) is 15.5. The maximum atomic E-state index is 13.0. The van der Waals surface area contributed by atoms with E-state index in [-0.39, 0.29) is 5.82 Å². The lowest BCUT2D eigenvalue weighted by Crippen LogP contribution is -2.50. The van der Waals surface area contributed by atoms with Crippen LogP contribution in [0.15, 0.2) is 47.1 Å². The van der Waals surface area contributed by atoms with E-state index in [0.717, 1.165) is 36.6 Å². The van der Waals surface area contributed by atoms with Crippen molar-refractivity contribution in [2.75, 3.05) is 31.6 Å². The van der Waals surface area contributed by atoms with E-state index >= 15 is 0 Å². The predicted molar refractivity (Wildman–Crippen MR) is 101 cm³/mol. The van der Waals surface area contributed by atoms with Gasteiger partial charge >= 0.3 is 0 Å². The smallest absolute Gasteiger partial charge is 0.259 e. The topological polar surface area (TPSA) is 58.3 Å². The molecule has 0 bridgehead atoms. The number of anilines is 1. The second-order valence-electron chi connectivity index (χ2n) is 7.00. The molecular weight excluding hydrogens is 345 g/mol. The second-order valence-corrected chi connectivity index (χ2v) is 7.00. The molecule has 1 saturated heterocycles. The Bertz CT molecular complexity index is 893. The number of likely N-dealkylation sites (N-methyl/N-ethyl adjacent to an activating group) is 1. The quantitative estimate of drug-likeness (QED) is 0.707. The molecule has 1 aromatic carbocycles. The van der Waals surface area contributed by atoms with Crippen molar-refractivity contribution in [1.29, 1.82) is 0 Å². The Kier molecular flexibility index (Phi) is 4.85. The lowest BCUT2D eigenvalue weighted by atomic mass is 10.1. The van der Waals surface area contributed by atoms with Crippen molar-refractivity contribution >= 4 is 5.82 Å². The first kappa shape index (κ1) is 17.6. The molecule has 0 spiro atoms. The molecule has 140 valence electrons. The standard InChI is InChI=1S/C20H22FN5O/c1-14-13-26(10-9-25(14)2)19-8-5-16(12-22-19)20-23-18(24-27-20)11-15-3-6-17(21)7-4-15/h3-8,12,14H,9-11,13H2,1-2H3/t14-/m1/s1. The summed E-state index contributed by atoms with van der Waals surface area (Å²) in [7, 11) is 2.15. The SMILES string of the molecule is C[C@@H]1CN(c2ccc(-c3nc(Cc4ccc(F)cc4)no3)cn2)CCN1C. The number of nitrogens with zero attached hydrogens (tertiary/aromatic N) is 5. The molecule has 6 nitrogen and oxygen atoms in total. The van der Waals surface area contributed by atoms with Crippen LogP contribution >= 0.6 is 0 Å². The van der Waals surface area contributed by atoms with Gasteiger partial charge in [-0.2, -0.15) is 4.98 Å². The molecule has 0 amide bonds. The summed E-state index contributed by atoms with van der Waals surface area (Å²) in [6.45, 7) is 5.18. The number of pyridine rings is 1. The second kappa shape index (κ2) is 7.44. The normalized spacial score (nSPS) is 18.0. The highest BCUT2D eigenvalue weighted by atomic mass is 19.1. The van der Waals surface area contributed by atoms with Gasteiger partial charge in [-0.1, -0.05) is 17.3 Å². The molecule has 1 aliphatic rings. The number of rotatable bonds is 4. The third-order valence-corrected chi connectivity index (χ3v) is 5.02. The summed E-state index contributed by atoms with van der Waals surface area (Å²) >= 11 is 0. The predicted octanol–water partition coefficient (Wildman–Crippen LogP) is 3.00. The highest BCUT2D eigenvalue weighted by Crippen LogP contribution is 2.22. The van der Waals surface area contributed by atoms with Crippen LogP contribution in [0.1, 0.15) is 18.3 Å². The van der Waals surface area contributed by atoms with Crippen LogP contribution in [-0.4, -0.2) is 52.7 Å². The van der Waals surface area contributed by atoms with E-state index in [9.17, 15) is 4.39 Å². The summed E-state index contributed by atoms with van der Waals surface area (Å²) in [6, 6.07) is 10.8. The monoisotopic (exact) mass is 367 g/mol. The molecule has 7 heteroatoms. The van der Waals surface area contributed by atoms with E-state index in [1.165, 1.54) is 12.1 Å². The van der Waals surface area contributed by atoms with Crippen LogP contribution in [0.3, 0.4) is 0 Å². The van der Waals surface area contributed by atoms with E-state index in [0.29, 0.717) is 24.2 Å². The van der Waals surface area contributed by atoms with Gasteiger partial charge in [0.25, 0.3) is 5.89 Å². The van der Waals surface area contributed by atoms with E-state index in [1.54, 1.807) is 18.3 Å². The molecule has 1 aliphatic heterocycles. The fraction of sp³-hybridized carbons (Fsp3) is 0.350. The summed E-state index contributed by atoms with van der Waals surface area (Å²) in [5.74, 6) is 1.71. The summed E-state index contributed by atoms with van der Waals surface area (Å²) in [5, 5.41) is 4.02. The van der Waals surface area contributed by atoms with Crippen LogP contribution in [0.5, 0.6) is 0 Å². The van der Waals surface area contributed by atoms with Gasteiger partial charge in [0.2, 0.25) is 0 Å². The minimum absolute atomic E-state index is 0.256. The van der Waals surface area contributed by atoms with Gasteiger partial charge in [-0.15, -0.1) is 0 Å². The third-order valence-electron chi connectivity index (χ3n) is 5.02. The molecule has 3 aromatic rings. The fourth-order valence-corrected chi connectivity index (χ4v) is 3.18. The molecular formula is C20H22FN5O. The first-order chi connectivity index (χ1) is 13.1. The Morgan fingerprint density at radius 3 is 2.67 bits per heavy atom. The maximum Gasteiger partial charge on any atom is 0.259 e. The van der Waals surface area contributed by atoms with Crippen molar-refractivity contribution in [3.63, 3.8) is 0 Å². The summed E-state index contributed by atoms with van der Waals surface area (Å²) in [6.07, 6.45) is 2.27. The summed E-state index contributed by atoms with van der Waals surface area (Å²) in [5.41, 5.74) is 1.72. The minimum Gasteiger partial charge on any atom is -0.354 e. The van der Waals surface area contributed by atoms with Gasteiger partial charge in [0, 0.05) is 38.3 Å². The fourth-order valence-electron chi connectivity index (χ4n) is 3.18. The molecule has 0 aliphatic carbocycles. The van der Waals surface area contributed by atoms with Gasteiger partial charge in [0.15, 0.2) is 5.82 Å². The molecule has 1 atom stereocenters. The lowest BCUT2D eigenvalue weighted by molar-refractivity contribution is 0.233. The molecule has 0 N–H and O–H groups in total. The molecule has 3 heterocycles. The van der Waals surface area contributed by atoms with Crippen LogP contribution in [0.2, 0.25) is 0 Å². The van der Waals surface area contributed by atoms with E-state index in [1.807, 2.05) is 12.1 Å². The highest BCUT2D eigenvalue weighted by molar-refractivity contribution is 5.55. The number of halogens is 1. The zero-order valence-electron chi connectivity index (χ0n) is 15.5. The van der Waals surface area contributed by atoms with Gasteiger partial charge in [0.1, 0.15) is 11.6 Å². The summed E-state index contributed by atoms with van der Waals surface area (Å²) in [4.78, 5) is 13.7. The van der Waals surface area contributed by atoms with Crippen molar-refractivity contribution in [2.24, 2.45) is 0 Å². The Hall–Kier alpha value is -2.80. The van der Waals surface area contributed by atoms with Gasteiger partial charge in [-0.3, -0.25) is 0 Å². The van der Waals surface area contributed by atoms with Crippen LogP contribution < -0.4 is 4.90 Å². The molecule has 0 saturated carbocycles. The summed E-state index contributed by atoms with van der Waals surface area (Å²) < 4.78 is 18.4. The highest BCUT2D eigenvalue weighted by Gasteiger charge is 2.21. The van der Waals surface area contributed by atoms with E-state index < -0.39 is 0 Å². The van der Waals surface area contributed by atoms with Crippen molar-refractivity contribution in [3.05, 3.63) is 59.8 Å². The van der Waals surface area contributed by atoms with Gasteiger partial charge in [-0.25, -0.2) is 9.37 Å². The Balaban J connectivity index is 1.45. The van der Waals surface area contributed by atoms with Crippen molar-refractivity contribution in [1.82, 2.24) is 20.0 Å². The maximum absolute atomic E-state index is 13.0. The first-order valence-electron chi connectivity index (χ1n) is 9.07. The van der Waals surface area contributed by atoms with Gasteiger partial charge < -0.3 is 14.3 Å². The van der Waals surface area contributed by atoms with Crippen LogP contribution in [0.25, 0.3) is 11.5 Å². The largest absolute Gasteiger partial charge is 0.354 e. The number of piperazine rings is 1. The number of aromatic nitrogens is 3. The van der Waals surface area contributed by atoms with E-state index in [4.69, 9.17) is 4.52 Å². The number of benzene rings is 1. The third kappa shape index (κ3) is 3.98. The number of hydrogen-bond donors (Lipinski definition) is 0.